The van der Waals surface area contributed by atoms with Crippen LogP contribution in [0, 0.1) is 5.82 Å². The zero-order valence-corrected chi connectivity index (χ0v) is 19.8. The van der Waals surface area contributed by atoms with Gasteiger partial charge in [-0.1, -0.05) is 15.9 Å². The van der Waals surface area contributed by atoms with Crippen molar-refractivity contribution in [2.45, 2.75) is 6.54 Å². The minimum absolute atomic E-state index is 0.194. The highest BCUT2D eigenvalue weighted by molar-refractivity contribution is 9.10. The standard InChI is InChI=1S/C23H22BrFN8O/c24-15-3-4-18(17(25)14-15)31-10-7-30(8-11-31)9-12-32-6-5-16-21(32)28-23(26)33-22(16)27-20(29-33)19-2-1-13-34-19/h1-6,13-14H,7-12H2,(H2,26,28). The molecule has 0 unspecified atom stereocenters. The van der Waals surface area contributed by atoms with Gasteiger partial charge in [0.25, 0.3) is 0 Å². The number of hydrogen-bond donors (Lipinski definition) is 1. The van der Waals surface area contributed by atoms with E-state index in [-0.39, 0.29) is 11.8 Å². The van der Waals surface area contributed by atoms with Crippen LogP contribution in [0.3, 0.4) is 0 Å². The number of furan rings is 1. The molecule has 4 aromatic heterocycles. The second-order valence-electron chi connectivity index (χ2n) is 8.29. The fourth-order valence-electron chi connectivity index (χ4n) is 4.46. The van der Waals surface area contributed by atoms with Crippen LogP contribution in [0.4, 0.5) is 16.0 Å². The molecule has 0 saturated carbocycles. The van der Waals surface area contributed by atoms with Crippen molar-refractivity contribution in [1.82, 2.24) is 29.0 Å². The highest BCUT2D eigenvalue weighted by Gasteiger charge is 2.21. The number of nitrogens with two attached hydrogens (primary N) is 1. The first-order valence-corrected chi connectivity index (χ1v) is 11.8. The molecule has 5 aromatic rings. The largest absolute Gasteiger partial charge is 0.461 e. The van der Waals surface area contributed by atoms with Gasteiger partial charge in [-0.2, -0.15) is 9.50 Å². The quantitative estimate of drug-likeness (QED) is 0.375. The molecule has 0 spiro atoms. The summed E-state index contributed by atoms with van der Waals surface area (Å²) in [5.41, 5.74) is 8.29. The maximum absolute atomic E-state index is 14.3. The summed E-state index contributed by atoms with van der Waals surface area (Å²) in [6.07, 6.45) is 3.59. The number of nitrogens with zero attached hydrogens (tertiary/aromatic N) is 7. The highest BCUT2D eigenvalue weighted by Crippen LogP contribution is 2.26. The van der Waals surface area contributed by atoms with E-state index < -0.39 is 0 Å². The van der Waals surface area contributed by atoms with Crippen LogP contribution in [-0.4, -0.2) is 61.8 Å². The lowest BCUT2D eigenvalue weighted by Crippen LogP contribution is -2.47. The average Bonchev–Trinajstić information content (AvgIpc) is 3.58. The minimum atomic E-state index is -0.194. The van der Waals surface area contributed by atoms with Crippen molar-refractivity contribution in [2.24, 2.45) is 0 Å². The van der Waals surface area contributed by atoms with E-state index in [0.717, 1.165) is 54.8 Å². The zero-order chi connectivity index (χ0) is 23.2. The summed E-state index contributed by atoms with van der Waals surface area (Å²) >= 11 is 3.32. The van der Waals surface area contributed by atoms with Gasteiger partial charge in [0.2, 0.25) is 11.8 Å². The third-order valence-electron chi connectivity index (χ3n) is 6.24. The van der Waals surface area contributed by atoms with E-state index >= 15 is 0 Å². The Bertz CT molecular complexity index is 1470. The summed E-state index contributed by atoms with van der Waals surface area (Å²) < 4.78 is 24.1. The number of rotatable bonds is 5. The SMILES string of the molecule is Nc1nc2c(ccn2CCN2CCN(c3ccc(Br)cc3F)CC2)c2nc(-c3ccco3)nn12. The van der Waals surface area contributed by atoms with Gasteiger partial charge in [0.05, 0.1) is 17.3 Å². The molecule has 1 saturated heterocycles. The van der Waals surface area contributed by atoms with Gasteiger partial charge in [0.15, 0.2) is 11.4 Å². The van der Waals surface area contributed by atoms with Crippen LogP contribution in [-0.2, 0) is 6.54 Å². The predicted octanol–water partition coefficient (Wildman–Crippen LogP) is 3.65. The number of halogens is 2. The van der Waals surface area contributed by atoms with Gasteiger partial charge in [0.1, 0.15) is 11.5 Å². The Morgan fingerprint density at radius 1 is 1.03 bits per heavy atom. The molecular formula is C23H22BrFN8O. The Morgan fingerprint density at radius 2 is 1.88 bits per heavy atom. The van der Waals surface area contributed by atoms with Gasteiger partial charge in [-0.15, -0.1) is 5.10 Å². The molecule has 0 atom stereocenters. The van der Waals surface area contributed by atoms with Gasteiger partial charge in [0, 0.05) is 49.9 Å². The molecule has 1 aromatic carbocycles. The topological polar surface area (TPSA) is 93.6 Å². The molecular weight excluding hydrogens is 503 g/mol. The van der Waals surface area contributed by atoms with Crippen molar-refractivity contribution >= 4 is 44.2 Å². The first-order chi connectivity index (χ1) is 16.6. The normalized spacial score (nSPS) is 15.1. The maximum Gasteiger partial charge on any atom is 0.225 e. The van der Waals surface area contributed by atoms with Crippen molar-refractivity contribution in [3.63, 3.8) is 0 Å². The molecule has 1 aliphatic rings. The van der Waals surface area contributed by atoms with Crippen LogP contribution in [0.25, 0.3) is 28.3 Å². The molecule has 11 heteroatoms. The van der Waals surface area contributed by atoms with E-state index in [1.165, 1.54) is 6.07 Å². The summed E-state index contributed by atoms with van der Waals surface area (Å²) in [6, 6.07) is 10.8. The molecule has 1 fully saturated rings. The molecule has 5 heterocycles. The minimum Gasteiger partial charge on any atom is -0.461 e. The third kappa shape index (κ3) is 3.70. The Morgan fingerprint density at radius 3 is 2.65 bits per heavy atom. The van der Waals surface area contributed by atoms with Gasteiger partial charge >= 0.3 is 0 Å². The van der Waals surface area contributed by atoms with Crippen LogP contribution >= 0.6 is 15.9 Å². The number of benzene rings is 1. The second kappa shape index (κ2) is 8.41. The summed E-state index contributed by atoms with van der Waals surface area (Å²) in [7, 11) is 0. The predicted molar refractivity (Wildman–Crippen MR) is 131 cm³/mol. The first kappa shape index (κ1) is 21.1. The highest BCUT2D eigenvalue weighted by atomic mass is 79.9. The fourth-order valence-corrected chi connectivity index (χ4v) is 4.79. The van der Waals surface area contributed by atoms with Gasteiger partial charge in [-0.25, -0.2) is 9.37 Å². The number of hydrogen-bond acceptors (Lipinski definition) is 7. The zero-order valence-electron chi connectivity index (χ0n) is 18.2. The summed E-state index contributed by atoms with van der Waals surface area (Å²) in [6.45, 7) is 4.92. The lowest BCUT2D eigenvalue weighted by atomic mass is 10.2. The molecule has 34 heavy (non-hydrogen) atoms. The first-order valence-electron chi connectivity index (χ1n) is 11.0. The molecule has 6 rings (SSSR count). The Hall–Kier alpha value is -3.44. The number of nitrogen functional groups attached to an aromatic ring is 1. The second-order valence-corrected chi connectivity index (χ2v) is 9.20. The number of aromatic nitrogens is 5. The van der Waals surface area contributed by atoms with E-state index in [1.54, 1.807) is 16.8 Å². The van der Waals surface area contributed by atoms with Crippen LogP contribution in [0.15, 0.2) is 57.7 Å². The van der Waals surface area contributed by atoms with Crippen molar-refractivity contribution in [3.05, 3.63) is 59.1 Å². The molecule has 0 aliphatic carbocycles. The van der Waals surface area contributed by atoms with E-state index in [9.17, 15) is 4.39 Å². The Labute approximate surface area is 202 Å². The van der Waals surface area contributed by atoms with Gasteiger partial charge in [-0.3, -0.25) is 4.90 Å². The van der Waals surface area contributed by atoms with Crippen LogP contribution in [0.5, 0.6) is 0 Å². The molecule has 174 valence electrons. The number of fused-ring (bicyclic) bond motifs is 3. The van der Waals surface area contributed by atoms with E-state index in [2.05, 4.69) is 45.4 Å². The van der Waals surface area contributed by atoms with Crippen molar-refractivity contribution in [3.8, 4) is 11.6 Å². The van der Waals surface area contributed by atoms with E-state index in [4.69, 9.17) is 10.2 Å². The van der Waals surface area contributed by atoms with Crippen molar-refractivity contribution < 1.29 is 8.81 Å². The summed E-state index contributed by atoms with van der Waals surface area (Å²) in [5.74, 6) is 1.13. The monoisotopic (exact) mass is 524 g/mol. The smallest absolute Gasteiger partial charge is 0.225 e. The fraction of sp³-hybridized carbons (Fsp3) is 0.261. The van der Waals surface area contributed by atoms with Crippen molar-refractivity contribution in [1.29, 1.82) is 0 Å². The lowest BCUT2D eigenvalue weighted by molar-refractivity contribution is 0.248. The van der Waals surface area contributed by atoms with E-state index in [1.807, 2.05) is 30.5 Å². The number of piperazine rings is 1. The van der Waals surface area contributed by atoms with Crippen LogP contribution in [0.2, 0.25) is 0 Å². The molecule has 9 nitrogen and oxygen atoms in total. The summed E-state index contributed by atoms with van der Waals surface area (Å²) in [5, 5.41) is 5.33. The maximum atomic E-state index is 14.3. The number of anilines is 2. The van der Waals surface area contributed by atoms with Gasteiger partial charge < -0.3 is 19.6 Å². The third-order valence-corrected chi connectivity index (χ3v) is 6.73. The Balaban J connectivity index is 1.17. The van der Waals surface area contributed by atoms with E-state index in [0.29, 0.717) is 22.9 Å². The molecule has 1 aliphatic heterocycles. The molecule has 0 radical (unpaired) electrons. The van der Waals surface area contributed by atoms with Gasteiger partial charge in [-0.05, 0) is 36.4 Å². The lowest BCUT2D eigenvalue weighted by Gasteiger charge is -2.36. The molecule has 0 bridgehead atoms. The average molecular weight is 525 g/mol. The Kier molecular flexibility index (Phi) is 5.22. The molecule has 2 N–H and O–H groups in total. The summed E-state index contributed by atoms with van der Waals surface area (Å²) in [4.78, 5) is 13.7. The van der Waals surface area contributed by atoms with Crippen LogP contribution in [0.1, 0.15) is 0 Å². The van der Waals surface area contributed by atoms with Crippen molar-refractivity contribution in [2.75, 3.05) is 43.4 Å². The van der Waals surface area contributed by atoms with Crippen LogP contribution < -0.4 is 10.6 Å². The molecule has 0 amide bonds.